The molecule has 1 heterocycles. The number of aryl methyl sites for hydroxylation is 1. The molecule has 1 amide bonds. The quantitative estimate of drug-likeness (QED) is 0.881. The van der Waals surface area contributed by atoms with Gasteiger partial charge in [0.25, 0.3) is 0 Å². The molecular weight excluding hydrogens is 310 g/mol. The van der Waals surface area contributed by atoms with Crippen LogP contribution in [0.5, 0.6) is 0 Å². The van der Waals surface area contributed by atoms with Crippen LogP contribution in [-0.4, -0.2) is 22.6 Å². The van der Waals surface area contributed by atoms with Crippen molar-refractivity contribution in [1.82, 2.24) is 9.88 Å². The number of nitrogens with two attached hydrogens (primary N) is 1. The summed E-state index contributed by atoms with van der Waals surface area (Å²) in [5.74, 6) is 1.14. The highest BCUT2D eigenvalue weighted by Gasteiger charge is 2.39. The van der Waals surface area contributed by atoms with E-state index in [0.29, 0.717) is 30.8 Å². The molecule has 0 saturated heterocycles. The van der Waals surface area contributed by atoms with Crippen molar-refractivity contribution < 1.29 is 4.79 Å². The maximum absolute atomic E-state index is 12.4. The lowest BCUT2D eigenvalue weighted by Gasteiger charge is -2.45. The molecule has 5 nitrogen and oxygen atoms in total. The highest BCUT2D eigenvalue weighted by molar-refractivity contribution is 7.09. The van der Waals surface area contributed by atoms with E-state index in [0.717, 1.165) is 23.4 Å². The summed E-state index contributed by atoms with van der Waals surface area (Å²) in [5.41, 5.74) is 7.12. The number of hydrogen-bond acceptors (Lipinski definition) is 4. The summed E-state index contributed by atoms with van der Waals surface area (Å²) in [7, 11) is 0. The van der Waals surface area contributed by atoms with Crippen LogP contribution in [0.15, 0.2) is 4.79 Å². The summed E-state index contributed by atoms with van der Waals surface area (Å²) in [6.07, 6.45) is 6.05. The van der Waals surface area contributed by atoms with Crippen molar-refractivity contribution >= 4 is 17.2 Å². The lowest BCUT2D eigenvalue weighted by molar-refractivity contribution is -0.123. The Morgan fingerprint density at radius 2 is 1.96 bits per heavy atom. The van der Waals surface area contributed by atoms with Gasteiger partial charge in [-0.05, 0) is 51.4 Å². The predicted octanol–water partition coefficient (Wildman–Crippen LogP) is 1.94. The van der Waals surface area contributed by atoms with Gasteiger partial charge in [0.05, 0.1) is 0 Å². The summed E-state index contributed by atoms with van der Waals surface area (Å²) in [6, 6.07) is 0.589. The molecule has 2 fully saturated rings. The first kappa shape index (κ1) is 16.7. The Morgan fingerprint density at radius 1 is 1.30 bits per heavy atom. The second-order valence-corrected chi connectivity index (χ2v) is 8.35. The first-order valence-electron chi connectivity index (χ1n) is 8.67. The molecule has 2 aliphatic rings. The third-order valence-corrected chi connectivity index (χ3v) is 6.64. The molecule has 2 saturated carbocycles. The number of nitrogens with zero attached hydrogens (tertiary/aromatic N) is 1. The third kappa shape index (κ3) is 3.53. The summed E-state index contributed by atoms with van der Waals surface area (Å²) in [6.45, 7) is 4.37. The van der Waals surface area contributed by atoms with Crippen molar-refractivity contribution in [1.29, 1.82) is 0 Å². The molecule has 23 heavy (non-hydrogen) atoms. The zero-order chi connectivity index (χ0) is 16.6. The molecule has 3 rings (SSSR count). The average Bonchev–Trinajstić information content (AvgIpc) is 2.71. The molecule has 128 valence electrons. The van der Waals surface area contributed by atoms with Gasteiger partial charge >= 0.3 is 4.87 Å². The van der Waals surface area contributed by atoms with E-state index in [9.17, 15) is 9.59 Å². The van der Waals surface area contributed by atoms with E-state index in [4.69, 9.17) is 5.73 Å². The van der Waals surface area contributed by atoms with E-state index < -0.39 is 0 Å². The molecule has 2 atom stereocenters. The summed E-state index contributed by atoms with van der Waals surface area (Å²) >= 11 is 1.26. The highest BCUT2D eigenvalue weighted by Crippen LogP contribution is 2.39. The SMILES string of the molecule is Cc1sc(=O)n(CCC(=O)NC2C3CCCC2CC(N)C3)c1C. The average molecular weight is 337 g/mol. The summed E-state index contributed by atoms with van der Waals surface area (Å²) < 4.78 is 1.72. The van der Waals surface area contributed by atoms with Gasteiger partial charge in [-0.2, -0.15) is 0 Å². The van der Waals surface area contributed by atoms with Gasteiger partial charge in [0.1, 0.15) is 0 Å². The lowest BCUT2D eigenvalue weighted by atomic mass is 9.67. The van der Waals surface area contributed by atoms with Crippen LogP contribution in [0, 0.1) is 25.7 Å². The minimum atomic E-state index is 0.0355. The number of fused-ring (bicyclic) bond motifs is 2. The normalized spacial score (nSPS) is 30.2. The van der Waals surface area contributed by atoms with Crippen LogP contribution >= 0.6 is 11.3 Å². The Balaban J connectivity index is 1.58. The first-order valence-corrected chi connectivity index (χ1v) is 9.49. The van der Waals surface area contributed by atoms with Crippen LogP contribution in [0.4, 0.5) is 0 Å². The first-order chi connectivity index (χ1) is 11.0. The highest BCUT2D eigenvalue weighted by atomic mass is 32.1. The van der Waals surface area contributed by atoms with E-state index in [1.54, 1.807) is 4.57 Å². The van der Waals surface area contributed by atoms with Gasteiger partial charge in [-0.3, -0.25) is 9.59 Å². The fourth-order valence-electron chi connectivity index (χ4n) is 4.34. The van der Waals surface area contributed by atoms with Crippen molar-refractivity contribution in [3.63, 3.8) is 0 Å². The maximum atomic E-state index is 12.4. The van der Waals surface area contributed by atoms with Crippen LogP contribution in [-0.2, 0) is 11.3 Å². The van der Waals surface area contributed by atoms with E-state index >= 15 is 0 Å². The van der Waals surface area contributed by atoms with Gasteiger partial charge in [-0.1, -0.05) is 17.8 Å². The van der Waals surface area contributed by atoms with Gasteiger partial charge in [0, 0.05) is 35.6 Å². The number of aromatic nitrogens is 1. The Morgan fingerprint density at radius 3 is 2.52 bits per heavy atom. The summed E-state index contributed by atoms with van der Waals surface area (Å²) in [5, 5.41) is 3.25. The van der Waals surface area contributed by atoms with Crippen LogP contribution in [0.1, 0.15) is 49.1 Å². The van der Waals surface area contributed by atoms with Gasteiger partial charge in [0.15, 0.2) is 0 Å². The van der Waals surface area contributed by atoms with E-state index in [1.165, 1.54) is 30.6 Å². The molecule has 0 aromatic carbocycles. The van der Waals surface area contributed by atoms with E-state index in [1.807, 2.05) is 13.8 Å². The number of thiazole rings is 1. The zero-order valence-corrected chi connectivity index (χ0v) is 14.8. The lowest BCUT2D eigenvalue weighted by Crippen LogP contribution is -2.53. The zero-order valence-electron chi connectivity index (χ0n) is 14.0. The van der Waals surface area contributed by atoms with Crippen molar-refractivity contribution in [2.24, 2.45) is 17.6 Å². The number of rotatable bonds is 4. The molecule has 6 heteroatoms. The van der Waals surface area contributed by atoms with E-state index in [-0.39, 0.29) is 16.8 Å². The number of carbonyl (C=O) groups excluding carboxylic acids is 1. The Kier molecular flexibility index (Phi) is 4.92. The molecule has 3 N–H and O–H groups in total. The van der Waals surface area contributed by atoms with Crippen LogP contribution in [0.3, 0.4) is 0 Å². The number of hydrogen-bond donors (Lipinski definition) is 2. The molecular formula is C17H27N3O2S. The second-order valence-electron chi connectivity index (χ2n) is 7.19. The molecule has 2 aliphatic carbocycles. The smallest absolute Gasteiger partial charge is 0.307 e. The monoisotopic (exact) mass is 337 g/mol. The molecule has 1 aromatic rings. The van der Waals surface area contributed by atoms with Gasteiger partial charge in [-0.15, -0.1) is 0 Å². The maximum Gasteiger partial charge on any atom is 0.307 e. The predicted molar refractivity (Wildman–Crippen MR) is 92.6 cm³/mol. The van der Waals surface area contributed by atoms with Crippen LogP contribution in [0.2, 0.25) is 0 Å². The minimum absolute atomic E-state index is 0.0355. The fraction of sp³-hybridized carbons (Fsp3) is 0.765. The molecule has 2 unspecified atom stereocenters. The molecule has 1 aromatic heterocycles. The molecule has 0 radical (unpaired) electrons. The molecule has 2 bridgehead atoms. The molecule has 0 spiro atoms. The number of nitrogens with one attached hydrogen (secondary N) is 1. The minimum Gasteiger partial charge on any atom is -0.353 e. The Labute approximate surface area is 141 Å². The van der Waals surface area contributed by atoms with Crippen molar-refractivity contribution in [2.45, 2.75) is 71.0 Å². The Bertz CT molecular complexity index is 622. The Hall–Kier alpha value is -1.14. The van der Waals surface area contributed by atoms with Gasteiger partial charge in [-0.25, -0.2) is 0 Å². The van der Waals surface area contributed by atoms with Crippen LogP contribution in [0.25, 0.3) is 0 Å². The topological polar surface area (TPSA) is 77.1 Å². The largest absolute Gasteiger partial charge is 0.353 e. The fourth-order valence-corrected chi connectivity index (χ4v) is 5.20. The van der Waals surface area contributed by atoms with Crippen molar-refractivity contribution in [3.8, 4) is 0 Å². The second kappa shape index (κ2) is 6.77. The van der Waals surface area contributed by atoms with Gasteiger partial charge < -0.3 is 15.6 Å². The van der Waals surface area contributed by atoms with E-state index in [2.05, 4.69) is 5.32 Å². The third-order valence-electron chi connectivity index (χ3n) is 5.64. The van der Waals surface area contributed by atoms with Crippen molar-refractivity contribution in [3.05, 3.63) is 20.2 Å². The molecule has 0 aliphatic heterocycles. The van der Waals surface area contributed by atoms with Crippen LogP contribution < -0.4 is 15.9 Å². The van der Waals surface area contributed by atoms with Gasteiger partial charge in [0.2, 0.25) is 5.91 Å². The number of amides is 1. The standard InChI is InChI=1S/C17H27N3O2S/c1-10-11(2)23-17(22)20(10)7-6-15(21)19-16-12-4-3-5-13(16)9-14(18)8-12/h12-14,16H,3-9,18H2,1-2H3,(H,19,21). The number of carbonyl (C=O) groups is 1. The van der Waals surface area contributed by atoms with Crippen molar-refractivity contribution in [2.75, 3.05) is 0 Å². The summed E-state index contributed by atoms with van der Waals surface area (Å²) in [4.78, 5) is 25.3.